The van der Waals surface area contributed by atoms with Gasteiger partial charge in [0, 0.05) is 39.3 Å². The van der Waals surface area contributed by atoms with Crippen LogP contribution in [0, 0.1) is 13.8 Å². The fourth-order valence-corrected chi connectivity index (χ4v) is 4.09. The summed E-state index contributed by atoms with van der Waals surface area (Å²) in [6.07, 6.45) is 0. The Bertz CT molecular complexity index is 662. The zero-order chi connectivity index (χ0) is 17.0. The Morgan fingerprint density at radius 1 is 1.30 bits per heavy atom. The fourth-order valence-electron chi connectivity index (χ4n) is 2.67. The molecular formula is C14H23N3O5S. The summed E-state index contributed by atoms with van der Waals surface area (Å²) < 4.78 is 37.6. The summed E-state index contributed by atoms with van der Waals surface area (Å²) in [6.45, 7) is 7.52. The molecule has 1 aliphatic rings. The van der Waals surface area contributed by atoms with Crippen molar-refractivity contribution in [3.05, 3.63) is 17.1 Å². The van der Waals surface area contributed by atoms with E-state index in [1.807, 2.05) is 0 Å². The molecule has 2 rings (SSSR count). The maximum atomic E-state index is 12.5. The lowest BCUT2D eigenvalue weighted by Crippen LogP contribution is -2.46. The van der Waals surface area contributed by atoms with E-state index in [1.54, 1.807) is 6.92 Å². The first-order valence-electron chi connectivity index (χ1n) is 7.48. The molecule has 1 aromatic heterocycles. The molecule has 2 heterocycles. The Morgan fingerprint density at radius 2 is 1.96 bits per heavy atom. The molecule has 1 aromatic rings. The maximum Gasteiger partial charge on any atom is 0.342 e. The van der Waals surface area contributed by atoms with Crippen molar-refractivity contribution in [2.45, 2.75) is 18.7 Å². The molecule has 1 saturated heterocycles. The zero-order valence-electron chi connectivity index (χ0n) is 13.6. The predicted molar refractivity (Wildman–Crippen MR) is 84.0 cm³/mol. The number of carbonyl (C=O) groups excluding carboxylic acids is 1. The van der Waals surface area contributed by atoms with Crippen LogP contribution < -0.4 is 10.0 Å². The highest BCUT2D eigenvalue weighted by Crippen LogP contribution is 2.27. The summed E-state index contributed by atoms with van der Waals surface area (Å²) in [5.41, 5.74) is -0.0420. The van der Waals surface area contributed by atoms with Crippen molar-refractivity contribution in [1.29, 1.82) is 0 Å². The minimum absolute atomic E-state index is 0.0420. The number of furan rings is 1. The molecule has 0 saturated carbocycles. The molecule has 0 radical (unpaired) electrons. The van der Waals surface area contributed by atoms with Crippen LogP contribution >= 0.6 is 0 Å². The van der Waals surface area contributed by atoms with Gasteiger partial charge in [0.2, 0.25) is 10.0 Å². The number of piperazine rings is 1. The molecule has 8 nitrogen and oxygen atoms in total. The van der Waals surface area contributed by atoms with Gasteiger partial charge in [-0.3, -0.25) is 4.90 Å². The van der Waals surface area contributed by atoms with Gasteiger partial charge < -0.3 is 14.5 Å². The van der Waals surface area contributed by atoms with Crippen LogP contribution in [-0.2, 0) is 14.8 Å². The lowest BCUT2D eigenvalue weighted by atomic mass is 10.2. The summed E-state index contributed by atoms with van der Waals surface area (Å²) >= 11 is 0. The first kappa shape index (κ1) is 17.9. The highest BCUT2D eigenvalue weighted by atomic mass is 32.2. The van der Waals surface area contributed by atoms with Crippen LogP contribution in [0.4, 0.5) is 0 Å². The normalized spacial score (nSPS) is 16.5. The van der Waals surface area contributed by atoms with E-state index in [9.17, 15) is 13.2 Å². The lowest BCUT2D eigenvalue weighted by molar-refractivity contribution is 0.0595. The number of rotatable bonds is 6. The first-order chi connectivity index (χ1) is 10.9. The van der Waals surface area contributed by atoms with E-state index >= 15 is 0 Å². The van der Waals surface area contributed by atoms with Gasteiger partial charge in [-0.1, -0.05) is 0 Å². The minimum Gasteiger partial charge on any atom is -0.465 e. The van der Waals surface area contributed by atoms with Gasteiger partial charge in [-0.05, 0) is 13.8 Å². The highest BCUT2D eigenvalue weighted by Gasteiger charge is 2.31. The largest absolute Gasteiger partial charge is 0.465 e. The average molecular weight is 345 g/mol. The second kappa shape index (κ2) is 7.43. The molecule has 23 heavy (non-hydrogen) atoms. The van der Waals surface area contributed by atoms with Crippen LogP contribution in [-0.4, -0.2) is 65.7 Å². The van der Waals surface area contributed by atoms with Crippen LogP contribution in [0.3, 0.4) is 0 Å². The quantitative estimate of drug-likeness (QED) is 0.693. The summed E-state index contributed by atoms with van der Waals surface area (Å²) in [4.78, 5) is 13.9. The second-order valence-corrected chi connectivity index (χ2v) is 7.10. The molecule has 1 aliphatic heterocycles. The van der Waals surface area contributed by atoms with Crippen molar-refractivity contribution in [2.75, 3.05) is 46.4 Å². The van der Waals surface area contributed by atoms with E-state index in [-0.39, 0.29) is 28.5 Å². The summed E-state index contributed by atoms with van der Waals surface area (Å²) in [5, 5.41) is 3.24. The van der Waals surface area contributed by atoms with Crippen LogP contribution in [0.15, 0.2) is 9.31 Å². The van der Waals surface area contributed by atoms with Gasteiger partial charge in [0.15, 0.2) is 0 Å². The van der Waals surface area contributed by atoms with Crippen molar-refractivity contribution in [3.8, 4) is 0 Å². The van der Waals surface area contributed by atoms with Gasteiger partial charge in [0.1, 0.15) is 22.0 Å². The van der Waals surface area contributed by atoms with Crippen molar-refractivity contribution >= 4 is 16.0 Å². The Labute approximate surface area is 136 Å². The molecule has 0 spiro atoms. The number of carbonyl (C=O) groups is 1. The molecule has 2 N–H and O–H groups in total. The summed E-state index contributed by atoms with van der Waals surface area (Å²) in [6, 6.07) is 0. The van der Waals surface area contributed by atoms with Gasteiger partial charge in [-0.2, -0.15) is 0 Å². The number of methoxy groups -OCH3 is 1. The number of aryl methyl sites for hydroxylation is 2. The van der Waals surface area contributed by atoms with Gasteiger partial charge in [0.05, 0.1) is 7.11 Å². The zero-order valence-corrected chi connectivity index (χ0v) is 14.5. The molecule has 0 aromatic carbocycles. The van der Waals surface area contributed by atoms with Crippen molar-refractivity contribution < 1.29 is 22.4 Å². The summed E-state index contributed by atoms with van der Waals surface area (Å²) in [7, 11) is -2.64. The smallest absolute Gasteiger partial charge is 0.342 e. The number of nitrogens with one attached hydrogen (secondary N) is 2. The van der Waals surface area contributed by atoms with E-state index in [2.05, 4.69) is 19.7 Å². The van der Waals surface area contributed by atoms with Crippen molar-refractivity contribution in [2.24, 2.45) is 0 Å². The Hall–Kier alpha value is -1.42. The molecule has 130 valence electrons. The molecule has 0 atom stereocenters. The number of esters is 1. The standard InChI is InChI=1S/C14H23N3O5S/c1-10-12(14(18)21-3)13(11(2)22-10)23(19,20)16-6-9-17-7-4-15-5-8-17/h15-16H,4-9H2,1-3H3. The SMILES string of the molecule is COC(=O)c1c(C)oc(C)c1S(=O)(=O)NCCN1CCNCC1. The molecule has 0 unspecified atom stereocenters. The molecule has 1 fully saturated rings. The summed E-state index contributed by atoms with van der Waals surface area (Å²) in [5.74, 6) is -0.309. The second-order valence-electron chi connectivity index (χ2n) is 5.40. The van der Waals surface area contributed by atoms with Crippen LogP contribution in [0.5, 0.6) is 0 Å². The topological polar surface area (TPSA) is 101 Å². The first-order valence-corrected chi connectivity index (χ1v) is 8.96. The number of sulfonamides is 1. The van der Waals surface area contributed by atoms with Crippen molar-refractivity contribution in [1.82, 2.24) is 14.9 Å². The number of nitrogens with zero attached hydrogens (tertiary/aromatic N) is 1. The van der Waals surface area contributed by atoms with Gasteiger partial charge in [0.25, 0.3) is 0 Å². The maximum absolute atomic E-state index is 12.5. The number of hydrogen-bond acceptors (Lipinski definition) is 7. The highest BCUT2D eigenvalue weighted by molar-refractivity contribution is 7.89. The van der Waals surface area contributed by atoms with Gasteiger partial charge in [-0.15, -0.1) is 0 Å². The van der Waals surface area contributed by atoms with E-state index in [0.717, 1.165) is 26.2 Å². The van der Waals surface area contributed by atoms with E-state index in [1.165, 1.54) is 14.0 Å². The van der Waals surface area contributed by atoms with E-state index in [4.69, 9.17) is 4.42 Å². The van der Waals surface area contributed by atoms with Crippen LogP contribution in [0.2, 0.25) is 0 Å². The van der Waals surface area contributed by atoms with Gasteiger partial charge >= 0.3 is 5.97 Å². The van der Waals surface area contributed by atoms with Crippen molar-refractivity contribution in [3.63, 3.8) is 0 Å². The van der Waals surface area contributed by atoms with E-state index in [0.29, 0.717) is 6.54 Å². The number of hydrogen-bond donors (Lipinski definition) is 2. The monoisotopic (exact) mass is 345 g/mol. The predicted octanol–water partition coefficient (Wildman–Crippen LogP) is -0.133. The van der Waals surface area contributed by atoms with Crippen LogP contribution in [0.25, 0.3) is 0 Å². The van der Waals surface area contributed by atoms with E-state index < -0.39 is 16.0 Å². The van der Waals surface area contributed by atoms with Crippen LogP contribution in [0.1, 0.15) is 21.9 Å². The Kier molecular flexibility index (Phi) is 5.79. The van der Waals surface area contributed by atoms with Gasteiger partial charge in [-0.25, -0.2) is 17.9 Å². The average Bonchev–Trinajstić information content (AvgIpc) is 2.82. The molecule has 0 aliphatic carbocycles. The molecule has 9 heteroatoms. The molecular weight excluding hydrogens is 322 g/mol. The third-order valence-electron chi connectivity index (χ3n) is 3.79. The minimum atomic E-state index is -3.84. The fraction of sp³-hybridized carbons (Fsp3) is 0.643. The lowest BCUT2D eigenvalue weighted by Gasteiger charge is -2.27. The molecule has 0 amide bonds. The Morgan fingerprint density at radius 3 is 2.57 bits per heavy atom. The third-order valence-corrected chi connectivity index (χ3v) is 5.41. The Balaban J connectivity index is 2.11. The molecule has 0 bridgehead atoms. The third kappa shape index (κ3) is 4.11. The number of ether oxygens (including phenoxy) is 1.